The number of hydrogen-bond donors (Lipinski definition) is 2. The third-order valence-corrected chi connectivity index (χ3v) is 3.59. The lowest BCUT2D eigenvalue weighted by Crippen LogP contribution is -2.13. The summed E-state index contributed by atoms with van der Waals surface area (Å²) in [5.41, 5.74) is 6.07. The average Bonchev–Trinajstić information content (AvgIpc) is 2.56. The standard InChI is InChI=1S/C18H18N4O/c1-12(2)14-9-7-13(8-10-14)11-19-22-17-18(23)21-16-6-4-3-5-15(16)20-17/h3-12H,1-2H3,(H,20,22)(H,21,23)/b19-11+. The molecule has 0 amide bonds. The molecule has 5 heteroatoms. The van der Waals surface area contributed by atoms with Gasteiger partial charge in [0, 0.05) is 0 Å². The van der Waals surface area contributed by atoms with Gasteiger partial charge < -0.3 is 4.98 Å². The molecule has 23 heavy (non-hydrogen) atoms. The lowest BCUT2D eigenvalue weighted by Gasteiger charge is -2.04. The van der Waals surface area contributed by atoms with Gasteiger partial charge in [0.1, 0.15) is 0 Å². The van der Waals surface area contributed by atoms with Gasteiger partial charge in [-0.1, -0.05) is 50.2 Å². The van der Waals surface area contributed by atoms with E-state index in [1.165, 1.54) is 5.56 Å². The molecule has 3 aromatic rings. The molecule has 1 aromatic heterocycles. The van der Waals surface area contributed by atoms with Crippen molar-refractivity contribution in [1.82, 2.24) is 9.97 Å². The molecule has 0 bridgehead atoms. The smallest absolute Gasteiger partial charge is 0.293 e. The summed E-state index contributed by atoms with van der Waals surface area (Å²) in [6.45, 7) is 4.31. The minimum absolute atomic E-state index is 0.179. The number of nitrogens with zero attached hydrogens (tertiary/aromatic N) is 2. The van der Waals surface area contributed by atoms with Gasteiger partial charge in [0.05, 0.1) is 17.2 Å². The van der Waals surface area contributed by atoms with Crippen molar-refractivity contribution in [3.8, 4) is 0 Å². The van der Waals surface area contributed by atoms with Crippen LogP contribution in [0.2, 0.25) is 0 Å². The molecule has 0 saturated carbocycles. The second-order valence-electron chi connectivity index (χ2n) is 5.62. The summed E-state index contributed by atoms with van der Waals surface area (Å²) in [7, 11) is 0. The van der Waals surface area contributed by atoms with Crippen LogP contribution < -0.4 is 11.0 Å². The van der Waals surface area contributed by atoms with Crippen LogP contribution in [0.15, 0.2) is 58.4 Å². The van der Waals surface area contributed by atoms with E-state index in [-0.39, 0.29) is 11.4 Å². The Hall–Kier alpha value is -2.95. The first-order valence-corrected chi connectivity index (χ1v) is 7.51. The van der Waals surface area contributed by atoms with Crippen LogP contribution in [0.25, 0.3) is 11.0 Å². The summed E-state index contributed by atoms with van der Waals surface area (Å²) < 4.78 is 0. The van der Waals surface area contributed by atoms with Crippen LogP contribution in [0.5, 0.6) is 0 Å². The van der Waals surface area contributed by atoms with E-state index >= 15 is 0 Å². The number of hydrogen-bond acceptors (Lipinski definition) is 4. The largest absolute Gasteiger partial charge is 0.317 e. The van der Waals surface area contributed by atoms with Crippen LogP contribution in [0.3, 0.4) is 0 Å². The number of aromatic nitrogens is 2. The fraction of sp³-hybridized carbons (Fsp3) is 0.167. The van der Waals surface area contributed by atoms with Crippen molar-refractivity contribution in [2.75, 3.05) is 5.43 Å². The molecule has 0 aliphatic rings. The Morgan fingerprint density at radius 1 is 1.13 bits per heavy atom. The van der Waals surface area contributed by atoms with Crippen molar-refractivity contribution in [2.24, 2.45) is 5.10 Å². The number of para-hydroxylation sites is 2. The van der Waals surface area contributed by atoms with Gasteiger partial charge in [-0.15, -0.1) is 0 Å². The highest BCUT2D eigenvalue weighted by Crippen LogP contribution is 2.14. The van der Waals surface area contributed by atoms with Gasteiger partial charge in [0.15, 0.2) is 0 Å². The zero-order valence-corrected chi connectivity index (χ0v) is 13.1. The van der Waals surface area contributed by atoms with Crippen LogP contribution >= 0.6 is 0 Å². The van der Waals surface area contributed by atoms with Crippen molar-refractivity contribution in [1.29, 1.82) is 0 Å². The highest BCUT2D eigenvalue weighted by molar-refractivity contribution is 5.80. The van der Waals surface area contributed by atoms with Gasteiger partial charge in [0.2, 0.25) is 5.82 Å². The van der Waals surface area contributed by atoms with Crippen LogP contribution in [0, 0.1) is 0 Å². The summed E-state index contributed by atoms with van der Waals surface area (Å²) in [5, 5.41) is 4.10. The Labute approximate surface area is 134 Å². The monoisotopic (exact) mass is 306 g/mol. The van der Waals surface area contributed by atoms with E-state index in [1.54, 1.807) is 6.21 Å². The average molecular weight is 306 g/mol. The second kappa shape index (κ2) is 6.44. The first-order chi connectivity index (χ1) is 11.1. The topological polar surface area (TPSA) is 70.1 Å². The van der Waals surface area contributed by atoms with Gasteiger partial charge in [0.25, 0.3) is 5.56 Å². The van der Waals surface area contributed by atoms with Crippen LogP contribution in [0.4, 0.5) is 5.82 Å². The molecule has 2 aromatic carbocycles. The van der Waals surface area contributed by atoms with Crippen LogP contribution in [0.1, 0.15) is 30.9 Å². The molecule has 1 heterocycles. The van der Waals surface area contributed by atoms with Crippen molar-refractivity contribution in [3.63, 3.8) is 0 Å². The number of benzene rings is 2. The van der Waals surface area contributed by atoms with E-state index in [9.17, 15) is 4.79 Å². The van der Waals surface area contributed by atoms with Gasteiger partial charge in [-0.3, -0.25) is 10.2 Å². The van der Waals surface area contributed by atoms with E-state index in [4.69, 9.17) is 0 Å². The lowest BCUT2D eigenvalue weighted by molar-refractivity contribution is 0.866. The predicted molar refractivity (Wildman–Crippen MR) is 94.1 cm³/mol. The Bertz CT molecular complexity index is 895. The second-order valence-corrected chi connectivity index (χ2v) is 5.62. The quantitative estimate of drug-likeness (QED) is 0.572. The summed E-state index contributed by atoms with van der Waals surface area (Å²) in [6.07, 6.45) is 1.67. The van der Waals surface area contributed by atoms with Crippen LogP contribution in [-0.4, -0.2) is 16.2 Å². The third kappa shape index (κ3) is 3.45. The van der Waals surface area contributed by atoms with Gasteiger partial charge in [-0.25, -0.2) is 4.98 Å². The molecular formula is C18H18N4O. The Kier molecular flexibility index (Phi) is 4.19. The summed E-state index contributed by atoms with van der Waals surface area (Å²) >= 11 is 0. The van der Waals surface area contributed by atoms with Gasteiger partial charge in [-0.05, 0) is 29.2 Å². The van der Waals surface area contributed by atoms with Gasteiger partial charge in [-0.2, -0.15) is 5.10 Å². The summed E-state index contributed by atoms with van der Waals surface area (Å²) in [4.78, 5) is 19.0. The molecule has 0 unspecified atom stereocenters. The Balaban J connectivity index is 1.77. The van der Waals surface area contributed by atoms with E-state index in [0.717, 1.165) is 5.56 Å². The maximum Gasteiger partial charge on any atom is 0.293 e. The van der Waals surface area contributed by atoms with Crippen molar-refractivity contribution >= 4 is 23.1 Å². The molecule has 0 aliphatic heterocycles. The Morgan fingerprint density at radius 3 is 2.61 bits per heavy atom. The molecular weight excluding hydrogens is 288 g/mol. The lowest BCUT2D eigenvalue weighted by atomic mass is 10.0. The van der Waals surface area contributed by atoms with Crippen LogP contribution in [-0.2, 0) is 0 Å². The molecule has 5 nitrogen and oxygen atoms in total. The maximum absolute atomic E-state index is 11.9. The number of aromatic amines is 1. The molecule has 0 radical (unpaired) electrons. The first kappa shape index (κ1) is 15.0. The number of anilines is 1. The van der Waals surface area contributed by atoms with E-state index < -0.39 is 0 Å². The minimum atomic E-state index is -0.295. The number of H-pyrrole nitrogens is 1. The first-order valence-electron chi connectivity index (χ1n) is 7.51. The van der Waals surface area contributed by atoms with Crippen molar-refractivity contribution in [2.45, 2.75) is 19.8 Å². The number of rotatable bonds is 4. The highest BCUT2D eigenvalue weighted by atomic mass is 16.1. The summed E-state index contributed by atoms with van der Waals surface area (Å²) in [6, 6.07) is 15.5. The van der Waals surface area contributed by atoms with E-state index in [2.05, 4.69) is 46.5 Å². The fourth-order valence-electron chi connectivity index (χ4n) is 2.24. The molecule has 3 rings (SSSR count). The highest BCUT2D eigenvalue weighted by Gasteiger charge is 2.02. The van der Waals surface area contributed by atoms with E-state index in [0.29, 0.717) is 17.0 Å². The molecule has 0 atom stereocenters. The molecule has 0 aliphatic carbocycles. The predicted octanol–water partition coefficient (Wildman–Crippen LogP) is 3.49. The minimum Gasteiger partial charge on any atom is -0.317 e. The van der Waals surface area contributed by atoms with Crippen molar-refractivity contribution < 1.29 is 0 Å². The molecule has 2 N–H and O–H groups in total. The Morgan fingerprint density at radius 2 is 1.87 bits per heavy atom. The number of nitrogens with one attached hydrogen (secondary N) is 2. The normalized spacial score (nSPS) is 11.4. The summed E-state index contributed by atoms with van der Waals surface area (Å²) in [5.74, 6) is 0.679. The molecule has 0 saturated heterocycles. The molecule has 0 fully saturated rings. The van der Waals surface area contributed by atoms with E-state index in [1.807, 2.05) is 36.4 Å². The molecule has 116 valence electrons. The fourth-order valence-corrected chi connectivity index (χ4v) is 2.24. The molecule has 0 spiro atoms. The number of hydrazone groups is 1. The number of fused-ring (bicyclic) bond motifs is 1. The van der Waals surface area contributed by atoms with Crippen molar-refractivity contribution in [3.05, 3.63) is 70.0 Å². The zero-order valence-electron chi connectivity index (χ0n) is 13.1. The SMILES string of the molecule is CC(C)c1ccc(/C=N/Nc2nc3ccccc3[nH]c2=O)cc1. The van der Waals surface area contributed by atoms with Gasteiger partial charge >= 0.3 is 0 Å². The maximum atomic E-state index is 11.9. The zero-order chi connectivity index (χ0) is 16.2. The third-order valence-electron chi connectivity index (χ3n) is 3.59.